The molecule has 0 N–H and O–H groups in total. The molecule has 0 saturated heterocycles. The van der Waals surface area contributed by atoms with Crippen molar-refractivity contribution in [3.8, 4) is 0 Å². The second-order valence-corrected chi connectivity index (χ2v) is 9.98. The standard InChI is InChI=1S/C24H24N2.CH3.2ClH.Cr/c1-16-14-22-21(15-17(2)26(22)19-10-4-3-5-11-19)23(16)20-12-6-8-18-9-7-13-25-24(18)20;;;;/h3-13,15-16,21-23H,14H2,1-2H3;1H3;2*1H;/q;-1;;;+3/p-2. The van der Waals surface area contributed by atoms with Gasteiger partial charge in [0.05, 0.1) is 5.52 Å². The quantitative estimate of drug-likeness (QED) is 0.353. The van der Waals surface area contributed by atoms with Gasteiger partial charge in [0.15, 0.2) is 0 Å². The molecule has 1 saturated carbocycles. The molecule has 1 aliphatic heterocycles. The van der Waals surface area contributed by atoms with E-state index >= 15 is 0 Å². The van der Waals surface area contributed by atoms with Gasteiger partial charge in [-0.25, -0.2) is 0 Å². The molecule has 1 aliphatic carbocycles. The van der Waals surface area contributed by atoms with Gasteiger partial charge in [0.25, 0.3) is 0 Å². The van der Waals surface area contributed by atoms with Crippen molar-refractivity contribution in [2.45, 2.75) is 32.2 Å². The summed E-state index contributed by atoms with van der Waals surface area (Å²) >= 11 is -0.181. The number of para-hydroxylation sites is 2. The predicted molar refractivity (Wildman–Crippen MR) is 126 cm³/mol. The average Bonchev–Trinajstić information content (AvgIpc) is 3.21. The first-order valence-corrected chi connectivity index (χ1v) is 13.4. The molecule has 3 aromatic rings. The summed E-state index contributed by atoms with van der Waals surface area (Å²) < 4.78 is 0. The van der Waals surface area contributed by atoms with E-state index in [-0.39, 0.29) is 20.8 Å². The summed E-state index contributed by atoms with van der Waals surface area (Å²) in [5.74, 6) is 1.73. The number of allylic oxidation sites excluding steroid dienone is 1. The molecule has 5 rings (SSSR count). The van der Waals surface area contributed by atoms with Crippen LogP contribution in [0.25, 0.3) is 10.9 Å². The van der Waals surface area contributed by atoms with E-state index in [1.54, 1.807) is 0 Å². The number of nitrogens with zero attached hydrogens (tertiary/aromatic N) is 2. The van der Waals surface area contributed by atoms with Crippen LogP contribution in [0.2, 0.25) is 0 Å². The molecule has 5 heteroatoms. The van der Waals surface area contributed by atoms with Gasteiger partial charge in [-0.1, -0.05) is 55.5 Å². The molecule has 2 aromatic carbocycles. The number of pyridine rings is 1. The van der Waals surface area contributed by atoms with Crippen molar-refractivity contribution >= 4 is 36.7 Å². The van der Waals surface area contributed by atoms with Crippen molar-refractivity contribution in [2.24, 2.45) is 11.8 Å². The molecule has 0 radical (unpaired) electrons. The molecule has 1 aromatic heterocycles. The number of halogens is 2. The van der Waals surface area contributed by atoms with Gasteiger partial charge < -0.3 is 12.3 Å². The van der Waals surface area contributed by atoms with E-state index in [0.717, 1.165) is 0 Å². The number of hydrogen-bond acceptors (Lipinski definition) is 2. The first-order valence-electron chi connectivity index (χ1n) is 9.91. The van der Waals surface area contributed by atoms with E-state index in [1.165, 1.54) is 34.3 Å². The molecule has 2 heterocycles. The Morgan fingerprint density at radius 3 is 2.43 bits per heavy atom. The number of benzene rings is 2. The Morgan fingerprint density at radius 2 is 1.70 bits per heavy atom. The van der Waals surface area contributed by atoms with E-state index in [9.17, 15) is 0 Å². The van der Waals surface area contributed by atoms with Crippen molar-refractivity contribution < 1.29 is 13.4 Å². The molecule has 2 nitrogen and oxygen atoms in total. The fourth-order valence-electron chi connectivity index (χ4n) is 5.31. The maximum absolute atomic E-state index is 4.83. The normalized spacial score (nSPS) is 24.4. The van der Waals surface area contributed by atoms with Gasteiger partial charge in [-0.05, 0) is 48.9 Å². The molecule has 157 valence electrons. The van der Waals surface area contributed by atoms with Crippen LogP contribution >= 0.6 is 20.1 Å². The van der Waals surface area contributed by atoms with Crippen LogP contribution in [0.3, 0.4) is 0 Å². The van der Waals surface area contributed by atoms with Crippen LogP contribution in [0, 0.1) is 19.3 Å². The summed E-state index contributed by atoms with van der Waals surface area (Å²) in [6, 6.07) is 22.3. The topological polar surface area (TPSA) is 16.1 Å². The number of fused-ring (bicyclic) bond motifs is 2. The molecule has 0 amide bonds. The zero-order valence-corrected chi connectivity index (χ0v) is 20.3. The van der Waals surface area contributed by atoms with E-state index in [1.807, 2.05) is 12.3 Å². The van der Waals surface area contributed by atoms with Crippen molar-refractivity contribution in [1.82, 2.24) is 4.98 Å². The Bertz CT molecular complexity index is 1000. The minimum atomic E-state index is -0.181. The Kier molecular flexibility index (Phi) is 7.88. The zero-order chi connectivity index (χ0) is 20.4. The van der Waals surface area contributed by atoms with Gasteiger partial charge in [-0.3, -0.25) is 4.98 Å². The van der Waals surface area contributed by atoms with Crippen LogP contribution < -0.4 is 4.90 Å². The zero-order valence-electron chi connectivity index (χ0n) is 17.5. The number of aromatic nitrogens is 1. The number of hydrogen-bond donors (Lipinski definition) is 0. The fraction of sp³-hybridized carbons (Fsp3) is 0.280. The number of rotatable bonds is 2. The third-order valence-corrected chi connectivity index (χ3v) is 6.29. The molecule has 30 heavy (non-hydrogen) atoms. The SMILES string of the molecule is CC1=CC2C(c3cccc4cccnc34)C(C)CC2N1c1ccccc1.[CH3-].[Cl][Cr+][Cl]. The van der Waals surface area contributed by atoms with Gasteiger partial charge in [-0.2, -0.15) is 0 Å². The molecule has 0 spiro atoms. The summed E-state index contributed by atoms with van der Waals surface area (Å²) in [7, 11) is 9.65. The van der Waals surface area contributed by atoms with E-state index in [0.29, 0.717) is 23.8 Å². The first kappa shape index (κ1) is 23.2. The summed E-state index contributed by atoms with van der Waals surface area (Å²) in [6.07, 6.45) is 5.66. The summed E-state index contributed by atoms with van der Waals surface area (Å²) in [5, 5.41) is 1.25. The summed E-state index contributed by atoms with van der Waals surface area (Å²) in [6.45, 7) is 4.67. The molecule has 4 atom stereocenters. The van der Waals surface area contributed by atoms with Gasteiger partial charge in [0.2, 0.25) is 0 Å². The van der Waals surface area contributed by atoms with Crippen LogP contribution in [-0.4, -0.2) is 11.0 Å². The van der Waals surface area contributed by atoms with Gasteiger partial charge in [-0.15, -0.1) is 0 Å². The van der Waals surface area contributed by atoms with Crippen molar-refractivity contribution in [2.75, 3.05) is 4.90 Å². The van der Waals surface area contributed by atoms with E-state index in [4.69, 9.17) is 25.1 Å². The van der Waals surface area contributed by atoms with Gasteiger partial charge >= 0.3 is 33.5 Å². The van der Waals surface area contributed by atoms with Crippen LogP contribution in [-0.2, 0) is 13.4 Å². The Labute approximate surface area is 195 Å². The second-order valence-electron chi connectivity index (χ2n) is 7.88. The summed E-state index contributed by atoms with van der Waals surface area (Å²) in [5.41, 5.74) is 5.30. The predicted octanol–water partition coefficient (Wildman–Crippen LogP) is 7.59. The Balaban J connectivity index is 0.000000606. The van der Waals surface area contributed by atoms with Crippen molar-refractivity contribution in [3.63, 3.8) is 0 Å². The van der Waals surface area contributed by atoms with Crippen LogP contribution in [0.15, 0.2) is 78.6 Å². The van der Waals surface area contributed by atoms with Crippen LogP contribution in [0.4, 0.5) is 5.69 Å². The van der Waals surface area contributed by atoms with Gasteiger partial charge in [0, 0.05) is 34.9 Å². The average molecular weight is 478 g/mol. The second kappa shape index (κ2) is 10.2. The van der Waals surface area contributed by atoms with Crippen LogP contribution in [0.1, 0.15) is 31.7 Å². The minimum absolute atomic E-state index is 0. The first-order chi connectivity index (χ1) is 14.2. The van der Waals surface area contributed by atoms with Crippen LogP contribution in [0.5, 0.6) is 0 Å². The molecule has 2 aliphatic rings. The Hall–Kier alpha value is -1.50. The van der Waals surface area contributed by atoms with Crippen molar-refractivity contribution in [3.05, 3.63) is 91.6 Å². The molecule has 4 unspecified atom stereocenters. The molecule has 0 bridgehead atoms. The van der Waals surface area contributed by atoms with E-state index in [2.05, 4.69) is 79.4 Å². The van der Waals surface area contributed by atoms with E-state index < -0.39 is 0 Å². The summed E-state index contributed by atoms with van der Waals surface area (Å²) in [4.78, 5) is 7.29. The fourth-order valence-corrected chi connectivity index (χ4v) is 5.31. The molecular formula is C25H27Cl2CrN2. The number of anilines is 1. The van der Waals surface area contributed by atoms with Gasteiger partial charge in [0.1, 0.15) is 0 Å². The monoisotopic (exact) mass is 477 g/mol. The maximum atomic E-state index is 4.83. The van der Waals surface area contributed by atoms with Crippen molar-refractivity contribution in [1.29, 1.82) is 0 Å². The third-order valence-electron chi connectivity index (χ3n) is 6.29. The molecule has 1 fully saturated rings. The Morgan fingerprint density at radius 1 is 1.00 bits per heavy atom. The third kappa shape index (κ3) is 4.27. The molecular weight excluding hydrogens is 451 g/mol.